The topological polar surface area (TPSA) is 84.6 Å². The zero-order valence-electron chi connectivity index (χ0n) is 13.8. The lowest BCUT2D eigenvalue weighted by Gasteiger charge is -2.13. The van der Waals surface area contributed by atoms with Gasteiger partial charge < -0.3 is 15.2 Å². The lowest BCUT2D eigenvalue weighted by Crippen LogP contribution is -2.32. The van der Waals surface area contributed by atoms with E-state index in [1.807, 2.05) is 30.0 Å². The Hall–Kier alpha value is -2.09. The number of aliphatic hydroxyl groups is 1. The van der Waals surface area contributed by atoms with Crippen LogP contribution in [0, 0.1) is 10.1 Å². The first-order valence-electron chi connectivity index (χ1n) is 8.03. The highest BCUT2D eigenvalue weighted by Gasteiger charge is 2.15. The van der Waals surface area contributed by atoms with Crippen LogP contribution in [0.15, 0.2) is 54.6 Å². The number of aliphatic hydroxyl groups excluding tert-OH is 1. The number of hydrogen-bond donors (Lipinski definition) is 2. The predicted molar refractivity (Wildman–Crippen MR) is 100 cm³/mol. The molecule has 0 aliphatic heterocycles. The second-order valence-electron chi connectivity index (χ2n) is 5.43. The van der Waals surface area contributed by atoms with E-state index in [4.69, 9.17) is 4.74 Å². The largest absolute Gasteiger partial charge is 0.484 e. The quantitative estimate of drug-likeness (QED) is 0.363. The average molecular weight is 362 g/mol. The third kappa shape index (κ3) is 7.13. The Morgan fingerprint density at radius 3 is 2.64 bits per heavy atom. The van der Waals surface area contributed by atoms with Gasteiger partial charge >= 0.3 is 5.69 Å². The molecule has 0 saturated heterocycles. The first kappa shape index (κ1) is 19.2. The van der Waals surface area contributed by atoms with Crippen LogP contribution in [0.2, 0.25) is 0 Å². The number of benzene rings is 2. The number of thioether (sulfide) groups is 1. The lowest BCUT2D eigenvalue weighted by molar-refractivity contribution is -0.385. The molecule has 134 valence electrons. The molecular formula is C18H22N2O4S. The molecule has 2 aromatic carbocycles. The van der Waals surface area contributed by atoms with E-state index in [0.717, 1.165) is 18.1 Å². The van der Waals surface area contributed by atoms with Crippen molar-refractivity contribution in [2.45, 2.75) is 11.9 Å². The van der Waals surface area contributed by atoms with Gasteiger partial charge in [-0.2, -0.15) is 11.8 Å². The monoisotopic (exact) mass is 362 g/mol. The SMILES string of the molecule is O=[N+]([O-])c1ccccc1OC[C@H](O)CNCCSCc1ccccc1. The molecule has 6 nitrogen and oxygen atoms in total. The van der Waals surface area contributed by atoms with Crippen molar-refractivity contribution in [3.05, 3.63) is 70.3 Å². The fourth-order valence-corrected chi connectivity index (χ4v) is 3.01. The summed E-state index contributed by atoms with van der Waals surface area (Å²) >= 11 is 1.82. The molecule has 0 aliphatic carbocycles. The Balaban J connectivity index is 1.58. The Morgan fingerprint density at radius 2 is 1.88 bits per heavy atom. The minimum atomic E-state index is -0.723. The number of rotatable bonds is 11. The second kappa shape index (κ2) is 10.7. The number of nitro groups is 1. The molecule has 2 N–H and O–H groups in total. The molecule has 0 amide bonds. The van der Waals surface area contributed by atoms with Crippen LogP contribution in [0.1, 0.15) is 5.56 Å². The maximum Gasteiger partial charge on any atom is 0.310 e. The van der Waals surface area contributed by atoms with E-state index in [0.29, 0.717) is 6.54 Å². The normalized spacial score (nSPS) is 11.9. The Kier molecular flexibility index (Phi) is 8.24. The van der Waals surface area contributed by atoms with Crippen LogP contribution < -0.4 is 10.1 Å². The van der Waals surface area contributed by atoms with Crippen molar-refractivity contribution >= 4 is 17.4 Å². The predicted octanol–water partition coefficient (Wildman–Crippen LogP) is 2.86. The summed E-state index contributed by atoms with van der Waals surface area (Å²) in [6, 6.07) is 16.4. The highest BCUT2D eigenvalue weighted by molar-refractivity contribution is 7.98. The number of ether oxygens (including phenoxy) is 1. The summed E-state index contributed by atoms with van der Waals surface area (Å²) in [6.07, 6.45) is -0.723. The molecule has 0 aromatic heterocycles. The standard InChI is InChI=1S/C18H22N2O4S/c21-16(13-24-18-9-5-4-8-17(18)20(22)23)12-19-10-11-25-14-15-6-2-1-3-7-15/h1-9,16,19,21H,10-14H2/t16-/m1/s1. The van der Waals surface area contributed by atoms with Gasteiger partial charge in [0, 0.05) is 30.7 Å². The number of nitro benzene ring substituents is 1. The zero-order valence-corrected chi connectivity index (χ0v) is 14.7. The van der Waals surface area contributed by atoms with Crippen LogP contribution in [-0.4, -0.2) is 41.6 Å². The number of para-hydroxylation sites is 2. The van der Waals surface area contributed by atoms with Crippen molar-refractivity contribution in [2.75, 3.05) is 25.4 Å². The minimum Gasteiger partial charge on any atom is -0.484 e. The Bertz CT molecular complexity index is 655. The van der Waals surface area contributed by atoms with E-state index >= 15 is 0 Å². The molecule has 25 heavy (non-hydrogen) atoms. The molecular weight excluding hydrogens is 340 g/mol. The van der Waals surface area contributed by atoms with Crippen molar-refractivity contribution in [3.8, 4) is 5.75 Å². The second-order valence-corrected chi connectivity index (χ2v) is 6.54. The summed E-state index contributed by atoms with van der Waals surface area (Å²) in [5.74, 6) is 2.07. The molecule has 0 spiro atoms. The molecule has 7 heteroatoms. The van der Waals surface area contributed by atoms with Gasteiger partial charge in [0.15, 0.2) is 5.75 Å². The van der Waals surface area contributed by atoms with E-state index in [2.05, 4.69) is 17.4 Å². The fourth-order valence-electron chi connectivity index (χ4n) is 2.15. The molecule has 0 radical (unpaired) electrons. The number of hydrogen-bond acceptors (Lipinski definition) is 6. The third-order valence-electron chi connectivity index (χ3n) is 3.41. The number of nitrogens with one attached hydrogen (secondary N) is 1. The van der Waals surface area contributed by atoms with E-state index in [1.165, 1.54) is 17.7 Å². The van der Waals surface area contributed by atoms with E-state index < -0.39 is 11.0 Å². The molecule has 0 saturated carbocycles. The van der Waals surface area contributed by atoms with Crippen molar-refractivity contribution in [1.82, 2.24) is 5.32 Å². The van der Waals surface area contributed by atoms with Gasteiger partial charge in [-0.05, 0) is 11.6 Å². The van der Waals surface area contributed by atoms with Crippen molar-refractivity contribution in [3.63, 3.8) is 0 Å². The Morgan fingerprint density at radius 1 is 1.16 bits per heavy atom. The molecule has 0 bridgehead atoms. The molecule has 1 atom stereocenters. The summed E-state index contributed by atoms with van der Waals surface area (Å²) in [5, 5.41) is 24.0. The molecule has 0 fully saturated rings. The highest BCUT2D eigenvalue weighted by atomic mass is 32.2. The summed E-state index contributed by atoms with van der Waals surface area (Å²) in [4.78, 5) is 10.4. The zero-order chi connectivity index (χ0) is 17.9. The van der Waals surface area contributed by atoms with Crippen LogP contribution in [0.25, 0.3) is 0 Å². The summed E-state index contributed by atoms with van der Waals surface area (Å²) in [7, 11) is 0. The van der Waals surface area contributed by atoms with Gasteiger partial charge in [-0.1, -0.05) is 42.5 Å². The van der Waals surface area contributed by atoms with E-state index in [1.54, 1.807) is 12.1 Å². The fraction of sp³-hybridized carbons (Fsp3) is 0.333. The summed E-state index contributed by atoms with van der Waals surface area (Å²) in [5.41, 5.74) is 1.20. The van der Waals surface area contributed by atoms with Crippen molar-refractivity contribution in [1.29, 1.82) is 0 Å². The molecule has 2 aromatic rings. The Labute approximate surface area is 151 Å². The van der Waals surface area contributed by atoms with Crippen molar-refractivity contribution < 1.29 is 14.8 Å². The maximum absolute atomic E-state index is 10.9. The van der Waals surface area contributed by atoms with E-state index in [-0.39, 0.29) is 18.0 Å². The first-order chi connectivity index (χ1) is 12.2. The van der Waals surface area contributed by atoms with Gasteiger partial charge in [0.1, 0.15) is 12.7 Å². The van der Waals surface area contributed by atoms with Crippen LogP contribution >= 0.6 is 11.8 Å². The molecule has 0 heterocycles. The van der Waals surface area contributed by atoms with Crippen LogP contribution in [0.5, 0.6) is 5.75 Å². The summed E-state index contributed by atoms with van der Waals surface area (Å²) in [6.45, 7) is 1.17. The van der Waals surface area contributed by atoms with Gasteiger partial charge in [0.05, 0.1) is 4.92 Å². The van der Waals surface area contributed by atoms with Gasteiger partial charge in [0.2, 0.25) is 0 Å². The van der Waals surface area contributed by atoms with Gasteiger partial charge in [-0.15, -0.1) is 0 Å². The van der Waals surface area contributed by atoms with Crippen LogP contribution in [-0.2, 0) is 5.75 Å². The van der Waals surface area contributed by atoms with Crippen LogP contribution in [0.4, 0.5) is 5.69 Å². The minimum absolute atomic E-state index is 0.00894. The summed E-state index contributed by atoms with van der Waals surface area (Å²) < 4.78 is 5.36. The molecule has 2 rings (SSSR count). The van der Waals surface area contributed by atoms with Gasteiger partial charge in [-0.3, -0.25) is 10.1 Å². The van der Waals surface area contributed by atoms with Gasteiger partial charge in [0.25, 0.3) is 0 Å². The number of nitrogens with zero attached hydrogens (tertiary/aromatic N) is 1. The third-order valence-corrected chi connectivity index (χ3v) is 4.44. The highest BCUT2D eigenvalue weighted by Crippen LogP contribution is 2.25. The smallest absolute Gasteiger partial charge is 0.310 e. The van der Waals surface area contributed by atoms with E-state index in [9.17, 15) is 15.2 Å². The first-order valence-corrected chi connectivity index (χ1v) is 9.19. The lowest BCUT2D eigenvalue weighted by atomic mass is 10.2. The maximum atomic E-state index is 10.9. The molecule has 0 aliphatic rings. The molecule has 0 unspecified atom stereocenters. The van der Waals surface area contributed by atoms with Crippen molar-refractivity contribution in [2.24, 2.45) is 0 Å². The van der Waals surface area contributed by atoms with Gasteiger partial charge in [-0.25, -0.2) is 0 Å². The van der Waals surface area contributed by atoms with Crippen LogP contribution in [0.3, 0.4) is 0 Å². The average Bonchev–Trinajstić information content (AvgIpc) is 2.64.